The van der Waals surface area contributed by atoms with E-state index in [-0.39, 0.29) is 23.5 Å². The van der Waals surface area contributed by atoms with Crippen molar-refractivity contribution >= 4 is 31.7 Å². The van der Waals surface area contributed by atoms with Crippen molar-refractivity contribution in [3.63, 3.8) is 0 Å². The highest BCUT2D eigenvalue weighted by Crippen LogP contribution is 2.23. The number of benzene rings is 1. The van der Waals surface area contributed by atoms with Crippen molar-refractivity contribution in [3.05, 3.63) is 28.2 Å². The molecule has 5 nitrogen and oxygen atoms in total. The molecule has 110 valence electrons. The van der Waals surface area contributed by atoms with Gasteiger partial charge in [0.1, 0.15) is 5.75 Å². The Morgan fingerprint density at radius 1 is 1.45 bits per heavy atom. The van der Waals surface area contributed by atoms with Crippen LogP contribution in [0.15, 0.2) is 22.7 Å². The Morgan fingerprint density at radius 2 is 2.20 bits per heavy atom. The molecule has 20 heavy (non-hydrogen) atoms. The van der Waals surface area contributed by atoms with Gasteiger partial charge in [0.25, 0.3) is 5.91 Å². The predicted octanol–water partition coefficient (Wildman–Crippen LogP) is 1.76. The molecule has 0 bridgehead atoms. The second-order valence-corrected chi connectivity index (χ2v) is 7.86. The molecular formula is C13H16BrNO4S. The Bertz CT molecular complexity index is 615. The van der Waals surface area contributed by atoms with Gasteiger partial charge in [0.05, 0.1) is 24.2 Å². The third kappa shape index (κ3) is 3.73. The molecule has 0 radical (unpaired) electrons. The van der Waals surface area contributed by atoms with Gasteiger partial charge in [0.2, 0.25) is 0 Å². The van der Waals surface area contributed by atoms with Crippen molar-refractivity contribution in [1.82, 2.24) is 5.32 Å². The van der Waals surface area contributed by atoms with Crippen molar-refractivity contribution in [2.24, 2.45) is 0 Å². The lowest BCUT2D eigenvalue weighted by molar-refractivity contribution is 0.0937. The lowest BCUT2D eigenvalue weighted by atomic mass is 10.1. The predicted molar refractivity (Wildman–Crippen MR) is 79.8 cm³/mol. The van der Waals surface area contributed by atoms with Gasteiger partial charge in [-0.1, -0.05) is 0 Å². The molecule has 1 aliphatic heterocycles. The van der Waals surface area contributed by atoms with E-state index in [1.807, 2.05) is 0 Å². The highest BCUT2D eigenvalue weighted by molar-refractivity contribution is 9.10. The zero-order chi connectivity index (χ0) is 14.8. The number of halogens is 1. The number of carbonyl (C=O) groups excluding carboxylic acids is 1. The van der Waals surface area contributed by atoms with E-state index in [9.17, 15) is 13.2 Å². The van der Waals surface area contributed by atoms with Crippen LogP contribution >= 0.6 is 15.9 Å². The SMILES string of the molecule is COc1ccc(Br)c(C(=O)NC2CCCS(=O)(=O)C2)c1. The molecule has 1 aromatic carbocycles. The third-order valence-corrected chi connectivity index (χ3v) is 5.73. The maximum atomic E-state index is 12.2. The molecule has 2 rings (SSSR count). The lowest BCUT2D eigenvalue weighted by Crippen LogP contribution is -2.43. The van der Waals surface area contributed by atoms with E-state index in [0.717, 1.165) is 0 Å². The molecule has 1 N–H and O–H groups in total. The summed E-state index contributed by atoms with van der Waals surface area (Å²) in [6.45, 7) is 0. The maximum Gasteiger partial charge on any atom is 0.252 e. The second-order valence-electron chi connectivity index (χ2n) is 4.77. The molecule has 0 spiro atoms. The van der Waals surface area contributed by atoms with E-state index in [1.54, 1.807) is 18.2 Å². The number of nitrogens with one attached hydrogen (secondary N) is 1. The van der Waals surface area contributed by atoms with Gasteiger partial charge in [-0.05, 0) is 47.0 Å². The number of hydrogen-bond acceptors (Lipinski definition) is 4. The summed E-state index contributed by atoms with van der Waals surface area (Å²) in [6, 6.07) is 4.77. The summed E-state index contributed by atoms with van der Waals surface area (Å²) < 4.78 is 28.9. The van der Waals surface area contributed by atoms with Gasteiger partial charge in [-0.2, -0.15) is 0 Å². The number of amides is 1. The normalized spacial score (nSPS) is 21.2. The van der Waals surface area contributed by atoms with Crippen LogP contribution in [0.4, 0.5) is 0 Å². The summed E-state index contributed by atoms with van der Waals surface area (Å²) in [6.07, 6.45) is 1.28. The quantitative estimate of drug-likeness (QED) is 0.890. The van der Waals surface area contributed by atoms with Gasteiger partial charge in [-0.15, -0.1) is 0 Å². The molecule has 1 aliphatic rings. The highest BCUT2D eigenvalue weighted by atomic mass is 79.9. The first kappa shape index (κ1) is 15.3. The first-order chi connectivity index (χ1) is 9.41. The average Bonchev–Trinajstić information content (AvgIpc) is 2.38. The molecule has 1 heterocycles. The largest absolute Gasteiger partial charge is 0.497 e. The molecule has 1 saturated heterocycles. The van der Waals surface area contributed by atoms with E-state index in [1.165, 1.54) is 7.11 Å². The van der Waals surface area contributed by atoms with Crippen LogP contribution in [0, 0.1) is 0 Å². The van der Waals surface area contributed by atoms with Crippen LogP contribution in [0.5, 0.6) is 5.75 Å². The summed E-state index contributed by atoms with van der Waals surface area (Å²) in [5.74, 6) is 0.509. The molecule has 1 atom stereocenters. The number of rotatable bonds is 3. The fourth-order valence-corrected chi connectivity index (χ4v) is 4.27. The van der Waals surface area contributed by atoms with Crippen molar-refractivity contribution in [3.8, 4) is 5.75 Å². The van der Waals surface area contributed by atoms with Gasteiger partial charge in [0, 0.05) is 10.5 Å². The molecular weight excluding hydrogens is 346 g/mol. The van der Waals surface area contributed by atoms with Crippen molar-refractivity contribution < 1.29 is 17.9 Å². The second kappa shape index (κ2) is 6.13. The lowest BCUT2D eigenvalue weighted by Gasteiger charge is -2.23. The number of methoxy groups -OCH3 is 1. The fraction of sp³-hybridized carbons (Fsp3) is 0.462. The first-order valence-corrected chi connectivity index (χ1v) is 8.87. The minimum atomic E-state index is -3.03. The van der Waals surface area contributed by atoms with Gasteiger partial charge in [-0.25, -0.2) is 8.42 Å². The Hall–Kier alpha value is -1.08. The van der Waals surface area contributed by atoms with Gasteiger partial charge in [0.15, 0.2) is 9.84 Å². The van der Waals surface area contributed by atoms with E-state index < -0.39 is 9.84 Å². The van der Waals surface area contributed by atoms with Gasteiger partial charge in [-0.3, -0.25) is 4.79 Å². The zero-order valence-corrected chi connectivity index (χ0v) is 13.5. The molecule has 1 unspecified atom stereocenters. The summed E-state index contributed by atoms with van der Waals surface area (Å²) in [5, 5.41) is 2.78. The highest BCUT2D eigenvalue weighted by Gasteiger charge is 2.26. The fourth-order valence-electron chi connectivity index (χ4n) is 2.21. The van der Waals surface area contributed by atoms with Crippen LogP contribution in [0.2, 0.25) is 0 Å². The molecule has 1 fully saturated rings. The van der Waals surface area contributed by atoms with E-state index in [2.05, 4.69) is 21.2 Å². The Labute approximate surface area is 126 Å². The number of sulfone groups is 1. The van der Waals surface area contributed by atoms with Crippen LogP contribution in [0.3, 0.4) is 0 Å². The number of hydrogen-bond donors (Lipinski definition) is 1. The smallest absolute Gasteiger partial charge is 0.252 e. The Balaban J connectivity index is 2.12. The minimum Gasteiger partial charge on any atom is -0.497 e. The maximum absolute atomic E-state index is 12.2. The Morgan fingerprint density at radius 3 is 2.85 bits per heavy atom. The minimum absolute atomic E-state index is 0.0142. The molecule has 0 saturated carbocycles. The van der Waals surface area contributed by atoms with Crippen LogP contribution in [-0.2, 0) is 9.84 Å². The number of carbonyl (C=O) groups is 1. The summed E-state index contributed by atoms with van der Waals surface area (Å²) in [4.78, 5) is 12.2. The van der Waals surface area contributed by atoms with Crippen molar-refractivity contribution in [2.75, 3.05) is 18.6 Å². The van der Waals surface area contributed by atoms with Crippen LogP contribution in [0.25, 0.3) is 0 Å². The third-order valence-electron chi connectivity index (χ3n) is 3.22. The molecule has 1 amide bonds. The van der Waals surface area contributed by atoms with Crippen LogP contribution in [0.1, 0.15) is 23.2 Å². The zero-order valence-electron chi connectivity index (χ0n) is 11.1. The topological polar surface area (TPSA) is 72.5 Å². The Kier molecular flexibility index (Phi) is 4.70. The standard InChI is InChI=1S/C13H16BrNO4S/c1-19-10-4-5-12(14)11(7-10)13(16)15-9-3-2-6-20(17,18)8-9/h4-5,7,9H,2-3,6,8H2,1H3,(H,15,16). The monoisotopic (exact) mass is 361 g/mol. The van der Waals surface area contributed by atoms with E-state index in [0.29, 0.717) is 28.6 Å². The van der Waals surface area contributed by atoms with E-state index in [4.69, 9.17) is 4.74 Å². The van der Waals surface area contributed by atoms with Crippen LogP contribution < -0.4 is 10.1 Å². The first-order valence-electron chi connectivity index (χ1n) is 6.26. The average molecular weight is 362 g/mol. The van der Waals surface area contributed by atoms with Crippen molar-refractivity contribution in [2.45, 2.75) is 18.9 Å². The molecule has 0 aromatic heterocycles. The molecule has 0 aliphatic carbocycles. The molecule has 7 heteroatoms. The summed E-state index contributed by atoms with van der Waals surface area (Å²) >= 11 is 3.31. The number of ether oxygens (including phenoxy) is 1. The van der Waals surface area contributed by atoms with Crippen LogP contribution in [-0.4, -0.2) is 39.0 Å². The molecule has 1 aromatic rings. The summed E-state index contributed by atoms with van der Waals surface area (Å²) in [5.41, 5.74) is 0.437. The van der Waals surface area contributed by atoms with E-state index >= 15 is 0 Å². The summed E-state index contributed by atoms with van der Waals surface area (Å²) in [7, 11) is -1.51. The van der Waals surface area contributed by atoms with Crippen molar-refractivity contribution in [1.29, 1.82) is 0 Å². The van der Waals surface area contributed by atoms with Gasteiger partial charge >= 0.3 is 0 Å². The van der Waals surface area contributed by atoms with Gasteiger partial charge < -0.3 is 10.1 Å².